The van der Waals surface area contributed by atoms with Crippen LogP contribution in [0.5, 0.6) is 0 Å². The van der Waals surface area contributed by atoms with Gasteiger partial charge in [-0.1, -0.05) is 97.3 Å². The summed E-state index contributed by atoms with van der Waals surface area (Å²) in [7, 11) is 0. The van der Waals surface area contributed by atoms with Crippen molar-refractivity contribution >= 4 is 5.97 Å². The van der Waals surface area contributed by atoms with Gasteiger partial charge in [0.15, 0.2) is 0 Å². The fraction of sp³-hybridized carbons (Fsp3) is 0.962. The van der Waals surface area contributed by atoms with Gasteiger partial charge in [-0.2, -0.15) is 0 Å². The molecule has 0 heterocycles. The summed E-state index contributed by atoms with van der Waals surface area (Å²) in [6.07, 6.45) is 21.5. The number of unbranched alkanes of at least 4 members (excludes halogenated alkanes) is 14. The van der Waals surface area contributed by atoms with Crippen molar-refractivity contribution in [1.29, 1.82) is 0 Å². The van der Waals surface area contributed by atoms with Crippen LogP contribution in [0.4, 0.5) is 0 Å². The molecule has 4 nitrogen and oxygen atoms in total. The Morgan fingerprint density at radius 2 is 1.10 bits per heavy atom. The molecule has 0 radical (unpaired) electrons. The van der Waals surface area contributed by atoms with E-state index < -0.39 is 0 Å². The molecule has 0 atom stereocenters. The van der Waals surface area contributed by atoms with Crippen LogP contribution in [0.15, 0.2) is 0 Å². The van der Waals surface area contributed by atoms with E-state index >= 15 is 0 Å². The first-order valence-corrected chi connectivity index (χ1v) is 13.2. The molecule has 0 aliphatic heterocycles. The fourth-order valence-electron chi connectivity index (χ4n) is 3.87. The summed E-state index contributed by atoms with van der Waals surface area (Å²) in [6, 6.07) is 0. The lowest BCUT2D eigenvalue weighted by molar-refractivity contribution is -0.143. The Kier molecular flexibility index (Phi) is 24.2. The molecular formula is C26H53NO3. The molecular weight excluding hydrogens is 374 g/mol. The molecule has 180 valence electrons. The summed E-state index contributed by atoms with van der Waals surface area (Å²) in [6.45, 7) is 8.37. The van der Waals surface area contributed by atoms with Crippen LogP contribution >= 0.6 is 0 Å². The first kappa shape index (κ1) is 29.4. The Morgan fingerprint density at radius 3 is 1.63 bits per heavy atom. The highest BCUT2D eigenvalue weighted by atomic mass is 16.5. The van der Waals surface area contributed by atoms with E-state index in [4.69, 9.17) is 4.74 Å². The number of aliphatic hydroxyl groups is 1. The zero-order valence-electron chi connectivity index (χ0n) is 20.5. The lowest BCUT2D eigenvalue weighted by Crippen LogP contribution is -2.29. The van der Waals surface area contributed by atoms with Crippen molar-refractivity contribution in [2.24, 2.45) is 0 Å². The number of ether oxygens (including phenoxy) is 1. The van der Waals surface area contributed by atoms with Crippen LogP contribution in [0.3, 0.4) is 0 Å². The van der Waals surface area contributed by atoms with E-state index in [0.29, 0.717) is 13.0 Å². The minimum Gasteiger partial charge on any atom is -0.466 e. The van der Waals surface area contributed by atoms with Crippen LogP contribution in [0.2, 0.25) is 0 Å². The van der Waals surface area contributed by atoms with Crippen molar-refractivity contribution in [3.8, 4) is 0 Å². The molecule has 0 aromatic heterocycles. The van der Waals surface area contributed by atoms with E-state index in [1.807, 2.05) is 0 Å². The third-order valence-corrected chi connectivity index (χ3v) is 5.86. The summed E-state index contributed by atoms with van der Waals surface area (Å²) in [4.78, 5) is 14.2. The van der Waals surface area contributed by atoms with Gasteiger partial charge in [0.2, 0.25) is 0 Å². The summed E-state index contributed by atoms with van der Waals surface area (Å²) < 4.78 is 5.35. The molecule has 0 saturated heterocycles. The predicted molar refractivity (Wildman–Crippen MR) is 129 cm³/mol. The van der Waals surface area contributed by atoms with E-state index in [1.165, 1.54) is 89.9 Å². The summed E-state index contributed by atoms with van der Waals surface area (Å²) >= 11 is 0. The van der Waals surface area contributed by atoms with E-state index in [1.54, 1.807) is 0 Å². The molecule has 0 saturated carbocycles. The van der Waals surface area contributed by atoms with E-state index in [-0.39, 0.29) is 12.6 Å². The van der Waals surface area contributed by atoms with Crippen molar-refractivity contribution in [2.75, 3.05) is 32.8 Å². The van der Waals surface area contributed by atoms with Crippen molar-refractivity contribution < 1.29 is 14.6 Å². The van der Waals surface area contributed by atoms with Gasteiger partial charge in [-0.05, 0) is 38.8 Å². The second-order valence-electron chi connectivity index (χ2n) is 8.84. The lowest BCUT2D eigenvalue weighted by Gasteiger charge is -2.21. The topological polar surface area (TPSA) is 49.8 Å². The van der Waals surface area contributed by atoms with Gasteiger partial charge in [0.05, 0.1) is 13.2 Å². The molecule has 0 aromatic carbocycles. The number of nitrogens with zero attached hydrogens (tertiary/aromatic N) is 1. The quantitative estimate of drug-likeness (QED) is 0.135. The number of carbonyl (C=O) groups is 1. The zero-order valence-corrected chi connectivity index (χ0v) is 20.5. The molecule has 0 aromatic rings. The lowest BCUT2D eigenvalue weighted by atomic mass is 10.1. The molecule has 0 aliphatic rings. The minimum atomic E-state index is -0.0156. The second kappa shape index (κ2) is 24.7. The Morgan fingerprint density at radius 1 is 0.633 bits per heavy atom. The fourth-order valence-corrected chi connectivity index (χ4v) is 3.87. The summed E-state index contributed by atoms with van der Waals surface area (Å²) in [5, 5.41) is 9.25. The maximum atomic E-state index is 11.8. The molecule has 0 spiro atoms. The van der Waals surface area contributed by atoms with Gasteiger partial charge in [-0.25, -0.2) is 0 Å². The highest BCUT2D eigenvalue weighted by molar-refractivity contribution is 5.69. The van der Waals surface area contributed by atoms with Gasteiger partial charge in [0.1, 0.15) is 0 Å². The number of esters is 1. The summed E-state index contributed by atoms with van der Waals surface area (Å²) in [5.41, 5.74) is 0. The minimum absolute atomic E-state index is 0.0156. The smallest absolute Gasteiger partial charge is 0.305 e. The molecule has 0 amide bonds. The average molecular weight is 428 g/mol. The van der Waals surface area contributed by atoms with E-state index in [0.717, 1.165) is 38.9 Å². The first-order valence-electron chi connectivity index (χ1n) is 13.2. The summed E-state index contributed by atoms with van der Waals surface area (Å²) in [5.74, 6) is -0.0156. The Balaban J connectivity index is 3.45. The molecule has 30 heavy (non-hydrogen) atoms. The zero-order chi connectivity index (χ0) is 22.1. The average Bonchev–Trinajstić information content (AvgIpc) is 2.74. The van der Waals surface area contributed by atoms with E-state index in [2.05, 4.69) is 18.7 Å². The SMILES string of the molecule is CCCCCCCCCOC(=O)CCCCCCCN(CCO)CCCCCCC. The number of hydrogen-bond acceptors (Lipinski definition) is 4. The predicted octanol–water partition coefficient (Wildman–Crippen LogP) is 6.89. The maximum Gasteiger partial charge on any atom is 0.305 e. The first-order chi connectivity index (χ1) is 14.7. The molecule has 4 heteroatoms. The molecule has 0 bridgehead atoms. The van der Waals surface area contributed by atoms with Crippen LogP contribution in [0, 0.1) is 0 Å². The van der Waals surface area contributed by atoms with Crippen molar-refractivity contribution in [1.82, 2.24) is 4.90 Å². The Hall–Kier alpha value is -0.610. The number of hydrogen-bond donors (Lipinski definition) is 1. The Labute approximate surface area is 188 Å². The standard InChI is InChI=1S/C26H53NO3/c1-3-5-7-9-10-15-19-25-30-26(29)20-16-12-11-14-18-22-27(23-24-28)21-17-13-8-6-4-2/h28H,3-25H2,1-2H3. The van der Waals surface area contributed by atoms with Gasteiger partial charge in [-0.15, -0.1) is 0 Å². The van der Waals surface area contributed by atoms with Crippen molar-refractivity contribution in [3.63, 3.8) is 0 Å². The largest absolute Gasteiger partial charge is 0.466 e. The monoisotopic (exact) mass is 427 g/mol. The van der Waals surface area contributed by atoms with Gasteiger partial charge >= 0.3 is 5.97 Å². The van der Waals surface area contributed by atoms with Crippen LogP contribution in [0.1, 0.15) is 129 Å². The third kappa shape index (κ3) is 22.1. The number of carbonyl (C=O) groups excluding carboxylic acids is 1. The molecule has 0 unspecified atom stereocenters. The van der Waals surface area contributed by atoms with Gasteiger partial charge in [-0.3, -0.25) is 4.79 Å². The van der Waals surface area contributed by atoms with Crippen LogP contribution in [-0.2, 0) is 9.53 Å². The van der Waals surface area contributed by atoms with E-state index in [9.17, 15) is 9.90 Å². The highest BCUT2D eigenvalue weighted by Gasteiger charge is 2.05. The molecule has 0 aliphatic carbocycles. The molecule has 0 fully saturated rings. The van der Waals surface area contributed by atoms with Crippen LogP contribution in [0.25, 0.3) is 0 Å². The number of rotatable bonds is 24. The van der Waals surface area contributed by atoms with Gasteiger partial charge in [0, 0.05) is 13.0 Å². The van der Waals surface area contributed by atoms with Crippen molar-refractivity contribution in [3.05, 3.63) is 0 Å². The van der Waals surface area contributed by atoms with Crippen LogP contribution < -0.4 is 0 Å². The van der Waals surface area contributed by atoms with Gasteiger partial charge in [0.25, 0.3) is 0 Å². The third-order valence-electron chi connectivity index (χ3n) is 5.86. The maximum absolute atomic E-state index is 11.8. The molecule has 0 rings (SSSR count). The second-order valence-corrected chi connectivity index (χ2v) is 8.84. The molecule has 1 N–H and O–H groups in total. The van der Waals surface area contributed by atoms with Crippen molar-refractivity contribution in [2.45, 2.75) is 129 Å². The highest BCUT2D eigenvalue weighted by Crippen LogP contribution is 2.10. The normalized spacial score (nSPS) is 11.3. The Bertz CT molecular complexity index is 349. The van der Waals surface area contributed by atoms with Crippen LogP contribution in [-0.4, -0.2) is 48.8 Å². The number of aliphatic hydroxyl groups excluding tert-OH is 1. The van der Waals surface area contributed by atoms with Gasteiger partial charge < -0.3 is 14.7 Å².